The van der Waals surface area contributed by atoms with E-state index < -0.39 is 0 Å². The fraction of sp³-hybridized carbons (Fsp3) is 0.143. The Morgan fingerprint density at radius 3 is 2.15 bits per heavy atom. The zero-order valence-corrected chi connectivity index (χ0v) is 14.8. The van der Waals surface area contributed by atoms with Crippen LogP contribution >= 0.6 is 23.5 Å². The van der Waals surface area contributed by atoms with Gasteiger partial charge >= 0.3 is 113 Å². The Labute approximate surface area is 111 Å². The van der Waals surface area contributed by atoms with Crippen LogP contribution in [0.1, 0.15) is 0 Å². The molecular formula is C7H4S2Se4. The summed E-state index contributed by atoms with van der Waals surface area (Å²) in [5, 5.41) is 1.31. The van der Waals surface area contributed by atoms with Crippen LogP contribution in [0.3, 0.4) is 0 Å². The quantitative estimate of drug-likeness (QED) is 0.487. The monoisotopic (exact) mass is 472 g/mol. The standard InChI is InChI=1S/C7H4S2Se4/c1-2-11-6(10-1)7-12-4-5(13-7)9-3-8-4/h1-2H,3H2. The molecule has 0 fully saturated rings. The molecule has 0 aromatic rings. The molecule has 3 aliphatic heterocycles. The van der Waals surface area contributed by atoms with E-state index in [1.807, 2.05) is 6.74 Å². The summed E-state index contributed by atoms with van der Waals surface area (Å²) in [4.78, 5) is 4.84. The molecule has 0 unspecified atom stereocenters. The third kappa shape index (κ3) is 2.10. The molecule has 13 heavy (non-hydrogen) atoms. The molecule has 0 aromatic heterocycles. The third-order valence-electron chi connectivity index (χ3n) is 1.49. The van der Waals surface area contributed by atoms with Gasteiger partial charge in [-0.3, -0.25) is 0 Å². The Kier molecular flexibility index (Phi) is 3.50. The fourth-order valence-electron chi connectivity index (χ4n) is 0.972. The van der Waals surface area contributed by atoms with Crippen molar-refractivity contribution in [2.24, 2.45) is 0 Å². The van der Waals surface area contributed by atoms with Crippen LogP contribution in [0.2, 0.25) is 0 Å². The van der Waals surface area contributed by atoms with Gasteiger partial charge in [-0.15, -0.1) is 0 Å². The topological polar surface area (TPSA) is 0 Å². The first kappa shape index (κ1) is 10.2. The molecular weight excluding hydrogens is 464 g/mol. The number of hydrogen-bond donors (Lipinski definition) is 0. The summed E-state index contributed by atoms with van der Waals surface area (Å²) in [6.07, 6.45) is 0. The van der Waals surface area contributed by atoms with Crippen molar-refractivity contribution in [2.75, 3.05) is 5.08 Å². The summed E-state index contributed by atoms with van der Waals surface area (Å²) in [5.74, 6) is 0. The molecule has 0 radical (unpaired) electrons. The maximum atomic E-state index is 2.42. The molecule has 0 saturated carbocycles. The average molecular weight is 468 g/mol. The van der Waals surface area contributed by atoms with Crippen LogP contribution in [-0.4, -0.2) is 64.9 Å². The van der Waals surface area contributed by atoms with E-state index in [9.17, 15) is 0 Å². The van der Waals surface area contributed by atoms with Crippen molar-refractivity contribution >= 4 is 83.4 Å². The molecule has 0 amide bonds. The average Bonchev–Trinajstić information content (AvgIpc) is 2.78. The van der Waals surface area contributed by atoms with E-state index in [4.69, 9.17) is 0 Å². The molecule has 0 saturated heterocycles. The summed E-state index contributed by atoms with van der Waals surface area (Å²) in [5.41, 5.74) is 0. The molecule has 3 heterocycles. The molecule has 3 rings (SSSR count). The van der Waals surface area contributed by atoms with Gasteiger partial charge in [-0.1, -0.05) is 0 Å². The Hall–Kier alpha value is 2.00. The van der Waals surface area contributed by atoms with E-state index in [1.54, 1.807) is 7.61 Å². The Balaban J connectivity index is 1.82. The minimum atomic E-state index is 0.758. The zero-order valence-electron chi connectivity index (χ0n) is 6.31. The van der Waals surface area contributed by atoms with E-state index in [-0.39, 0.29) is 0 Å². The molecule has 0 aliphatic carbocycles. The second-order valence-corrected chi connectivity index (χ2v) is 16.5. The first-order valence-electron chi connectivity index (χ1n) is 3.52. The molecule has 0 atom stereocenters. The molecule has 0 N–H and O–H groups in total. The predicted octanol–water partition coefficient (Wildman–Crippen LogP) is 0.992. The van der Waals surface area contributed by atoms with Crippen molar-refractivity contribution in [1.29, 1.82) is 0 Å². The molecule has 0 nitrogen and oxygen atoms in total. The van der Waals surface area contributed by atoms with E-state index in [1.165, 1.54) is 5.08 Å². The number of hydrogen-bond acceptors (Lipinski definition) is 2. The third-order valence-corrected chi connectivity index (χ3v) is 20.7. The van der Waals surface area contributed by atoms with Crippen LogP contribution in [0.15, 0.2) is 24.3 Å². The van der Waals surface area contributed by atoms with Crippen molar-refractivity contribution in [3.63, 3.8) is 0 Å². The summed E-state index contributed by atoms with van der Waals surface area (Å²) >= 11 is 7.30. The summed E-state index contributed by atoms with van der Waals surface area (Å²) in [6.45, 7) is 0. The summed E-state index contributed by atoms with van der Waals surface area (Å²) in [6, 6.07) is 0. The summed E-state index contributed by atoms with van der Waals surface area (Å²) < 4.78 is 7.38. The first-order chi connectivity index (χ1) is 6.43. The van der Waals surface area contributed by atoms with Gasteiger partial charge in [0.1, 0.15) is 0 Å². The molecule has 0 bridgehead atoms. The first-order valence-corrected chi connectivity index (χ1v) is 12.6. The van der Waals surface area contributed by atoms with Crippen LogP contribution in [0, 0.1) is 0 Å². The second-order valence-electron chi connectivity index (χ2n) is 2.27. The number of thioether (sulfide) groups is 2. The Morgan fingerprint density at radius 1 is 0.923 bits per heavy atom. The van der Waals surface area contributed by atoms with Gasteiger partial charge in [0.15, 0.2) is 0 Å². The Morgan fingerprint density at radius 2 is 1.54 bits per heavy atom. The van der Waals surface area contributed by atoms with Crippen LogP contribution in [0.25, 0.3) is 0 Å². The van der Waals surface area contributed by atoms with Crippen LogP contribution in [0.5, 0.6) is 0 Å². The van der Waals surface area contributed by atoms with Gasteiger partial charge < -0.3 is 0 Å². The van der Waals surface area contributed by atoms with Gasteiger partial charge in [0.25, 0.3) is 0 Å². The normalized spacial score (nSPS) is 26.5. The maximum absolute atomic E-state index is 2.42. The van der Waals surface area contributed by atoms with Gasteiger partial charge in [0.2, 0.25) is 0 Å². The molecule has 3 aliphatic rings. The minimum absolute atomic E-state index is 0.758. The van der Waals surface area contributed by atoms with Crippen molar-refractivity contribution in [3.05, 3.63) is 24.3 Å². The molecule has 68 valence electrons. The van der Waals surface area contributed by atoms with Gasteiger partial charge in [-0.05, 0) is 0 Å². The van der Waals surface area contributed by atoms with E-state index in [0.29, 0.717) is 0 Å². The van der Waals surface area contributed by atoms with Gasteiger partial charge in [0.05, 0.1) is 0 Å². The van der Waals surface area contributed by atoms with E-state index >= 15 is 0 Å². The van der Waals surface area contributed by atoms with Crippen molar-refractivity contribution < 1.29 is 0 Å². The number of rotatable bonds is 0. The molecule has 0 spiro atoms. The van der Waals surface area contributed by atoms with Gasteiger partial charge in [-0.25, -0.2) is 0 Å². The van der Waals surface area contributed by atoms with Crippen LogP contribution in [0.4, 0.5) is 0 Å². The fourth-order valence-corrected chi connectivity index (χ4v) is 21.5. The van der Waals surface area contributed by atoms with Crippen LogP contribution in [-0.2, 0) is 0 Å². The van der Waals surface area contributed by atoms with Crippen molar-refractivity contribution in [1.82, 2.24) is 0 Å². The van der Waals surface area contributed by atoms with E-state index in [2.05, 4.69) is 33.5 Å². The summed E-state index contributed by atoms with van der Waals surface area (Å²) in [7, 11) is 0. The van der Waals surface area contributed by atoms with Crippen molar-refractivity contribution in [2.45, 2.75) is 0 Å². The van der Waals surface area contributed by atoms with Crippen LogP contribution < -0.4 is 0 Å². The molecule has 6 heteroatoms. The zero-order chi connectivity index (χ0) is 8.67. The van der Waals surface area contributed by atoms with Crippen molar-refractivity contribution in [3.8, 4) is 0 Å². The second kappa shape index (κ2) is 4.47. The van der Waals surface area contributed by atoms with Gasteiger partial charge in [0, 0.05) is 0 Å². The Bertz CT molecular complexity index is 316. The van der Waals surface area contributed by atoms with Gasteiger partial charge in [-0.2, -0.15) is 0 Å². The van der Waals surface area contributed by atoms with E-state index in [0.717, 1.165) is 59.8 Å². The predicted molar refractivity (Wildman–Crippen MR) is 66.3 cm³/mol. The molecule has 0 aromatic carbocycles. The SMILES string of the molecule is C1=C[Se]C(=C2[Se]C3=C(SCS3)[Se]2)[Se]1.